The highest BCUT2D eigenvalue weighted by molar-refractivity contribution is 6.55. The van der Waals surface area contributed by atoms with Gasteiger partial charge in [-0.3, -0.25) is 0 Å². The third kappa shape index (κ3) is 3.38. The Labute approximate surface area is 79.4 Å². The molecule has 0 aromatic heterocycles. The first-order valence-electron chi connectivity index (χ1n) is 2.18. The van der Waals surface area contributed by atoms with Gasteiger partial charge in [0.15, 0.2) is 0 Å². The van der Waals surface area contributed by atoms with Gasteiger partial charge < -0.3 is 0 Å². The molecule has 0 nitrogen and oxygen atoms in total. The zero-order chi connectivity index (χ0) is 7.49. The van der Waals surface area contributed by atoms with Gasteiger partial charge in [0.1, 0.15) is 4.33 Å². The van der Waals surface area contributed by atoms with Crippen molar-refractivity contribution in [1.82, 2.24) is 0 Å². The van der Waals surface area contributed by atoms with Crippen LogP contribution in [0.1, 0.15) is 0 Å². The Bertz CT molecular complexity index is 81.0. The van der Waals surface area contributed by atoms with Crippen molar-refractivity contribution in [3.8, 4) is 0 Å². The Morgan fingerprint density at radius 3 is 1.78 bits per heavy atom. The van der Waals surface area contributed by atoms with Crippen molar-refractivity contribution in [3.05, 3.63) is 0 Å². The summed E-state index contributed by atoms with van der Waals surface area (Å²) in [4.78, 5) is 0. The summed E-state index contributed by atoms with van der Waals surface area (Å²) in [5.74, 6) is 0.276. The van der Waals surface area contributed by atoms with E-state index in [9.17, 15) is 0 Å². The molecule has 0 saturated carbocycles. The van der Waals surface area contributed by atoms with E-state index in [1.54, 1.807) is 0 Å². The van der Waals surface area contributed by atoms with E-state index in [1.807, 2.05) is 0 Å². The van der Waals surface area contributed by atoms with Crippen molar-refractivity contribution < 1.29 is 0 Å². The summed E-state index contributed by atoms with van der Waals surface area (Å²) in [7, 11) is 0. The van der Waals surface area contributed by atoms with E-state index in [1.165, 1.54) is 0 Å². The number of hydrogen-bond donors (Lipinski definition) is 0. The predicted octanol–water partition coefficient (Wildman–Crippen LogP) is 3.25. The SMILES string of the molecule is ClCC(Cl)C(Cl)(Cl)CCl. The molecule has 0 bridgehead atoms. The smallest absolute Gasteiger partial charge is 0.125 e. The molecule has 0 aliphatic rings. The average Bonchev–Trinajstić information content (AvgIpc) is 1.86. The van der Waals surface area contributed by atoms with Gasteiger partial charge in [-0.1, -0.05) is 23.2 Å². The van der Waals surface area contributed by atoms with Crippen molar-refractivity contribution in [2.24, 2.45) is 0 Å². The lowest BCUT2D eigenvalue weighted by molar-refractivity contribution is 0.843. The van der Waals surface area contributed by atoms with E-state index < -0.39 is 9.71 Å². The third-order valence-electron chi connectivity index (χ3n) is 0.772. The zero-order valence-electron chi connectivity index (χ0n) is 4.38. The van der Waals surface area contributed by atoms with Gasteiger partial charge in [-0.2, -0.15) is 0 Å². The van der Waals surface area contributed by atoms with Crippen LogP contribution >= 0.6 is 58.0 Å². The third-order valence-corrected chi connectivity index (χ3v) is 3.48. The Morgan fingerprint density at radius 2 is 1.67 bits per heavy atom. The molecule has 0 rings (SSSR count). The molecule has 5 heteroatoms. The first kappa shape index (κ1) is 10.4. The molecule has 0 radical (unpaired) electrons. The van der Waals surface area contributed by atoms with E-state index in [4.69, 9.17) is 58.0 Å². The highest BCUT2D eigenvalue weighted by atomic mass is 35.5. The van der Waals surface area contributed by atoms with Crippen LogP contribution in [0, 0.1) is 0 Å². The van der Waals surface area contributed by atoms with Crippen LogP contribution in [0.3, 0.4) is 0 Å². The lowest BCUT2D eigenvalue weighted by Gasteiger charge is -2.19. The van der Waals surface area contributed by atoms with Gasteiger partial charge >= 0.3 is 0 Å². The summed E-state index contributed by atoms with van der Waals surface area (Å²) < 4.78 is -1.11. The van der Waals surface area contributed by atoms with Gasteiger partial charge in [0, 0.05) is 5.88 Å². The van der Waals surface area contributed by atoms with Gasteiger partial charge in [0.2, 0.25) is 0 Å². The van der Waals surface area contributed by atoms with Gasteiger partial charge in [-0.05, 0) is 0 Å². The van der Waals surface area contributed by atoms with Crippen LogP contribution in [0.5, 0.6) is 0 Å². The van der Waals surface area contributed by atoms with E-state index in [0.29, 0.717) is 0 Å². The maximum absolute atomic E-state index is 5.59. The molecule has 0 fully saturated rings. The van der Waals surface area contributed by atoms with Crippen LogP contribution < -0.4 is 0 Å². The minimum Gasteiger partial charge on any atom is -0.125 e. The fraction of sp³-hybridized carbons (Fsp3) is 1.00. The first-order chi connectivity index (χ1) is 4.04. The highest BCUT2D eigenvalue weighted by Gasteiger charge is 2.31. The number of rotatable bonds is 3. The van der Waals surface area contributed by atoms with E-state index in [-0.39, 0.29) is 11.8 Å². The largest absolute Gasteiger partial charge is 0.149 e. The van der Waals surface area contributed by atoms with E-state index in [0.717, 1.165) is 0 Å². The molecular formula is C4H5Cl5. The minimum absolute atomic E-state index is 0.0804. The molecule has 56 valence electrons. The molecular weight excluding hydrogens is 225 g/mol. The standard InChI is InChI=1S/C4H5Cl5/c5-1-3(7)4(8,9)2-6/h3H,1-2H2. The lowest BCUT2D eigenvalue weighted by Crippen LogP contribution is -2.29. The molecule has 1 atom stereocenters. The van der Waals surface area contributed by atoms with Crippen LogP contribution in [0.2, 0.25) is 0 Å². The van der Waals surface area contributed by atoms with Crippen molar-refractivity contribution in [1.29, 1.82) is 0 Å². The normalized spacial score (nSPS) is 15.7. The van der Waals surface area contributed by atoms with Gasteiger partial charge in [-0.15, -0.1) is 34.8 Å². The van der Waals surface area contributed by atoms with E-state index in [2.05, 4.69) is 0 Å². The highest BCUT2D eigenvalue weighted by Crippen LogP contribution is 2.31. The van der Waals surface area contributed by atoms with Crippen LogP contribution in [0.15, 0.2) is 0 Å². The summed E-state index contributed by atoms with van der Waals surface area (Å²) in [5, 5.41) is -0.500. The Kier molecular flexibility index (Phi) is 5.05. The molecule has 0 aliphatic heterocycles. The molecule has 0 aromatic carbocycles. The zero-order valence-corrected chi connectivity index (χ0v) is 8.16. The molecule has 0 N–H and O–H groups in total. The number of alkyl halides is 5. The maximum atomic E-state index is 5.59. The fourth-order valence-electron chi connectivity index (χ4n) is 0.197. The molecule has 9 heavy (non-hydrogen) atoms. The van der Waals surface area contributed by atoms with Gasteiger partial charge in [0.25, 0.3) is 0 Å². The Morgan fingerprint density at radius 1 is 1.22 bits per heavy atom. The molecule has 0 saturated heterocycles. The summed E-state index contributed by atoms with van der Waals surface area (Å²) >= 11 is 27.5. The molecule has 1 unspecified atom stereocenters. The van der Waals surface area contributed by atoms with Crippen molar-refractivity contribution in [2.75, 3.05) is 11.8 Å². The monoisotopic (exact) mass is 228 g/mol. The van der Waals surface area contributed by atoms with Gasteiger partial charge in [0.05, 0.1) is 11.3 Å². The average molecular weight is 230 g/mol. The van der Waals surface area contributed by atoms with Crippen LogP contribution in [0.25, 0.3) is 0 Å². The molecule has 0 aromatic rings. The summed E-state index contributed by atoms with van der Waals surface area (Å²) in [6.07, 6.45) is 0. The number of hydrogen-bond acceptors (Lipinski definition) is 0. The van der Waals surface area contributed by atoms with Crippen LogP contribution in [0.4, 0.5) is 0 Å². The molecule has 0 spiro atoms. The summed E-state index contributed by atoms with van der Waals surface area (Å²) in [6, 6.07) is 0. The molecule has 0 amide bonds. The lowest BCUT2D eigenvalue weighted by atomic mass is 10.3. The van der Waals surface area contributed by atoms with Crippen LogP contribution in [-0.2, 0) is 0 Å². The second kappa shape index (κ2) is 4.35. The molecule has 0 heterocycles. The second-order valence-corrected chi connectivity index (χ2v) is 4.16. The van der Waals surface area contributed by atoms with Crippen molar-refractivity contribution >= 4 is 58.0 Å². The minimum atomic E-state index is -1.11. The predicted molar refractivity (Wildman–Crippen MR) is 45.5 cm³/mol. The summed E-state index contributed by atoms with van der Waals surface area (Å²) in [5.41, 5.74) is 0. The van der Waals surface area contributed by atoms with Crippen LogP contribution in [-0.4, -0.2) is 21.5 Å². The summed E-state index contributed by atoms with van der Waals surface area (Å²) in [6.45, 7) is 0. The Balaban J connectivity index is 3.80. The second-order valence-electron chi connectivity index (χ2n) is 1.52. The number of halogens is 5. The van der Waals surface area contributed by atoms with Crippen molar-refractivity contribution in [3.63, 3.8) is 0 Å². The van der Waals surface area contributed by atoms with Gasteiger partial charge in [-0.25, -0.2) is 0 Å². The van der Waals surface area contributed by atoms with E-state index >= 15 is 0 Å². The first-order valence-corrected chi connectivity index (χ1v) is 4.44. The van der Waals surface area contributed by atoms with Crippen molar-refractivity contribution in [2.45, 2.75) is 9.71 Å². The topological polar surface area (TPSA) is 0 Å². The quantitative estimate of drug-likeness (QED) is 0.653. The Hall–Kier alpha value is 1.45. The maximum Gasteiger partial charge on any atom is 0.149 e. The fourth-order valence-corrected chi connectivity index (χ4v) is 1.11. The molecule has 0 aliphatic carbocycles.